The molecule has 0 amide bonds. The van der Waals surface area contributed by atoms with Crippen LogP contribution >= 0.6 is 7.82 Å². The molecule has 0 heterocycles. The highest BCUT2D eigenvalue weighted by atomic mass is 31.2. The number of carbonyl (C=O) groups excluding carboxylic acids is 2. The van der Waals surface area contributed by atoms with E-state index in [4.69, 9.17) is 19.3 Å². The minimum atomic E-state index is -4.75. The van der Waals surface area contributed by atoms with E-state index in [9.17, 15) is 14.2 Å². The second kappa shape index (κ2) is 40.5. The Hall–Kier alpha value is -1.21. The van der Waals surface area contributed by atoms with Gasteiger partial charge in [0, 0.05) is 12.8 Å². The van der Waals surface area contributed by atoms with Gasteiger partial charge in [-0.05, 0) is 32.1 Å². The Labute approximate surface area is 327 Å². The Bertz CT molecular complexity index is 873. The molecular weight excluding hydrogens is 687 g/mol. The number of rotatable bonds is 42. The molecule has 0 aliphatic heterocycles. The molecule has 0 bridgehead atoms. The summed E-state index contributed by atoms with van der Waals surface area (Å²) in [6.07, 6.45) is 45.1. The van der Waals surface area contributed by atoms with Crippen molar-refractivity contribution in [2.24, 2.45) is 0 Å². The van der Waals surface area contributed by atoms with Crippen LogP contribution in [0.25, 0.3) is 0 Å². The Morgan fingerprint density at radius 3 is 1.21 bits per heavy atom. The van der Waals surface area contributed by atoms with E-state index in [-0.39, 0.29) is 19.4 Å². The topological polar surface area (TPSA) is 119 Å². The Kier molecular flexibility index (Phi) is 39.5. The van der Waals surface area contributed by atoms with Crippen molar-refractivity contribution in [1.29, 1.82) is 0 Å². The van der Waals surface area contributed by atoms with E-state index in [1.54, 1.807) is 0 Å². The molecule has 0 unspecified atom stereocenters. The fourth-order valence-corrected chi connectivity index (χ4v) is 7.01. The number of carbonyl (C=O) groups is 2. The Morgan fingerprint density at radius 1 is 0.472 bits per heavy atom. The number of esters is 2. The van der Waals surface area contributed by atoms with Crippen molar-refractivity contribution in [3.8, 4) is 0 Å². The third-order valence-electron chi connectivity index (χ3n) is 10.0. The van der Waals surface area contributed by atoms with Gasteiger partial charge in [0.15, 0.2) is 6.10 Å². The summed E-state index contributed by atoms with van der Waals surface area (Å²) in [4.78, 5) is 42.9. The van der Waals surface area contributed by atoms with Crippen molar-refractivity contribution in [1.82, 2.24) is 0 Å². The molecule has 1 atom stereocenters. The summed E-state index contributed by atoms with van der Waals surface area (Å²) >= 11 is 0. The third kappa shape index (κ3) is 43.4. The van der Waals surface area contributed by atoms with Gasteiger partial charge in [-0.2, -0.15) is 0 Å². The zero-order chi connectivity index (χ0) is 38.9. The fraction of sp³-hybridized carbons (Fsp3) is 0.909. The molecule has 2 N–H and O–H groups in total. The molecule has 0 aromatic heterocycles. The van der Waals surface area contributed by atoms with Crippen LogP contribution in [0.1, 0.15) is 239 Å². The van der Waals surface area contributed by atoms with Crippen LogP contribution in [0.2, 0.25) is 0 Å². The van der Waals surface area contributed by atoms with E-state index in [0.717, 1.165) is 38.5 Å². The first kappa shape index (κ1) is 51.8. The van der Waals surface area contributed by atoms with Crippen LogP contribution < -0.4 is 0 Å². The monoisotopic (exact) mass is 773 g/mol. The van der Waals surface area contributed by atoms with Gasteiger partial charge in [0.05, 0.1) is 6.61 Å². The van der Waals surface area contributed by atoms with Crippen LogP contribution in [0.15, 0.2) is 12.2 Å². The van der Waals surface area contributed by atoms with E-state index in [0.29, 0.717) is 6.42 Å². The maximum absolute atomic E-state index is 12.4. The molecule has 0 saturated carbocycles. The van der Waals surface area contributed by atoms with Gasteiger partial charge in [0.25, 0.3) is 0 Å². The molecule has 0 fully saturated rings. The molecule has 9 heteroatoms. The van der Waals surface area contributed by atoms with Crippen molar-refractivity contribution >= 4 is 19.8 Å². The highest BCUT2D eigenvalue weighted by molar-refractivity contribution is 7.46. The SMILES string of the molecule is CCCC/C=C/CCCCCCCCCCCC(=O)O[C@H](COC(=O)CCCCCCCCCCCCCCCCCCCCCC)COP(=O)(O)O. The number of hydrogen-bond acceptors (Lipinski definition) is 6. The molecule has 314 valence electrons. The minimum absolute atomic E-state index is 0.214. The fourth-order valence-electron chi connectivity index (χ4n) is 6.65. The van der Waals surface area contributed by atoms with Gasteiger partial charge in [-0.1, -0.05) is 206 Å². The smallest absolute Gasteiger partial charge is 0.462 e. The molecular formula is C44H85O8P. The summed E-state index contributed by atoms with van der Waals surface area (Å²) in [6, 6.07) is 0. The maximum atomic E-state index is 12.4. The van der Waals surface area contributed by atoms with E-state index in [1.165, 1.54) is 167 Å². The lowest BCUT2D eigenvalue weighted by molar-refractivity contribution is -0.161. The molecule has 0 aliphatic carbocycles. The van der Waals surface area contributed by atoms with Crippen LogP contribution in [-0.4, -0.2) is 41.0 Å². The molecule has 0 radical (unpaired) electrons. The second-order valence-electron chi connectivity index (χ2n) is 15.4. The van der Waals surface area contributed by atoms with Gasteiger partial charge in [0.1, 0.15) is 6.61 Å². The van der Waals surface area contributed by atoms with Gasteiger partial charge in [-0.25, -0.2) is 4.57 Å². The van der Waals surface area contributed by atoms with E-state index < -0.39 is 32.5 Å². The maximum Gasteiger partial charge on any atom is 0.469 e. The normalized spacial score (nSPS) is 12.5. The molecule has 0 aromatic rings. The van der Waals surface area contributed by atoms with Crippen molar-refractivity contribution in [3.05, 3.63) is 12.2 Å². The average molecular weight is 773 g/mol. The first-order chi connectivity index (χ1) is 25.8. The number of phosphoric ester groups is 1. The van der Waals surface area contributed by atoms with E-state index in [1.807, 2.05) is 0 Å². The van der Waals surface area contributed by atoms with Gasteiger partial charge in [-0.3, -0.25) is 14.1 Å². The summed E-state index contributed by atoms with van der Waals surface area (Å²) in [6.45, 7) is 3.69. The zero-order valence-electron chi connectivity index (χ0n) is 34.7. The van der Waals surface area contributed by atoms with Crippen molar-refractivity contribution < 1.29 is 37.9 Å². The van der Waals surface area contributed by atoms with Crippen molar-refractivity contribution in [2.45, 2.75) is 245 Å². The quantitative estimate of drug-likeness (QED) is 0.0272. The summed E-state index contributed by atoms with van der Waals surface area (Å²) < 4.78 is 26.4. The van der Waals surface area contributed by atoms with E-state index >= 15 is 0 Å². The van der Waals surface area contributed by atoms with Crippen LogP contribution in [0.4, 0.5) is 0 Å². The summed E-state index contributed by atoms with van der Waals surface area (Å²) in [5.41, 5.74) is 0. The largest absolute Gasteiger partial charge is 0.469 e. The predicted octanol–water partition coefficient (Wildman–Crippen LogP) is 13.8. The molecule has 0 aliphatic rings. The van der Waals surface area contributed by atoms with Gasteiger partial charge in [-0.15, -0.1) is 0 Å². The second-order valence-corrected chi connectivity index (χ2v) is 16.6. The van der Waals surface area contributed by atoms with Crippen LogP contribution in [0.3, 0.4) is 0 Å². The van der Waals surface area contributed by atoms with Crippen LogP contribution in [-0.2, 0) is 28.2 Å². The highest BCUT2D eigenvalue weighted by Gasteiger charge is 2.23. The van der Waals surface area contributed by atoms with Gasteiger partial charge >= 0.3 is 19.8 Å². The van der Waals surface area contributed by atoms with Crippen molar-refractivity contribution in [2.75, 3.05) is 13.2 Å². The van der Waals surface area contributed by atoms with Crippen LogP contribution in [0, 0.1) is 0 Å². The summed E-state index contributed by atoms with van der Waals surface area (Å²) in [7, 11) is -4.75. The molecule has 0 spiro atoms. The summed E-state index contributed by atoms with van der Waals surface area (Å²) in [5.74, 6) is -0.873. The highest BCUT2D eigenvalue weighted by Crippen LogP contribution is 2.36. The molecule has 0 rings (SSSR count). The lowest BCUT2D eigenvalue weighted by Crippen LogP contribution is -2.29. The molecule has 8 nitrogen and oxygen atoms in total. The molecule has 0 aromatic carbocycles. The predicted molar refractivity (Wildman–Crippen MR) is 221 cm³/mol. The first-order valence-electron chi connectivity index (χ1n) is 22.5. The van der Waals surface area contributed by atoms with Gasteiger partial charge in [0.2, 0.25) is 0 Å². The number of phosphoric acid groups is 1. The number of hydrogen-bond donors (Lipinski definition) is 2. The Morgan fingerprint density at radius 2 is 0.811 bits per heavy atom. The van der Waals surface area contributed by atoms with Crippen LogP contribution in [0.5, 0.6) is 0 Å². The van der Waals surface area contributed by atoms with Crippen molar-refractivity contribution in [3.63, 3.8) is 0 Å². The standard InChI is InChI=1S/C44H85O8P/c1-3-5-7-9-11-13-15-17-19-20-21-22-23-25-26-28-30-32-34-36-38-43(45)50-40-42(41-51-53(47,48)49)52-44(46)39-37-35-33-31-29-27-24-18-16-14-12-10-8-6-4-2/h10,12,42H,3-9,11,13-41H2,1-2H3,(H2,47,48,49)/b12-10+/t42-/m1/s1. The Balaban J connectivity index is 3.82. The van der Waals surface area contributed by atoms with Gasteiger partial charge < -0.3 is 19.3 Å². The first-order valence-corrected chi connectivity index (χ1v) is 24.0. The number of allylic oxidation sites excluding steroid dienone is 2. The zero-order valence-corrected chi connectivity index (χ0v) is 35.6. The third-order valence-corrected chi connectivity index (χ3v) is 10.5. The molecule has 0 saturated heterocycles. The minimum Gasteiger partial charge on any atom is -0.462 e. The summed E-state index contributed by atoms with van der Waals surface area (Å²) in [5, 5.41) is 0. The van der Waals surface area contributed by atoms with E-state index in [2.05, 4.69) is 30.5 Å². The molecule has 53 heavy (non-hydrogen) atoms. The number of unbranched alkanes of at least 4 members (excludes halogenated alkanes) is 30. The number of ether oxygens (including phenoxy) is 2. The lowest BCUT2D eigenvalue weighted by atomic mass is 10.0. The lowest BCUT2D eigenvalue weighted by Gasteiger charge is -2.18. The average Bonchev–Trinajstić information content (AvgIpc) is 3.13.